The third-order valence-electron chi connectivity index (χ3n) is 4.19. The Hall–Kier alpha value is -1.35. The number of carbonyl (C=O) groups excluding carboxylic acids is 1. The first-order chi connectivity index (χ1) is 9.52. The average Bonchev–Trinajstić information content (AvgIpc) is 2.38. The molecular formula is C17H26N2O. The second-order valence-electron chi connectivity index (χ2n) is 6.09. The van der Waals surface area contributed by atoms with Crippen molar-refractivity contribution in [3.8, 4) is 0 Å². The molecule has 0 aliphatic carbocycles. The van der Waals surface area contributed by atoms with Gasteiger partial charge in [0.2, 0.25) is 0 Å². The van der Waals surface area contributed by atoms with E-state index < -0.39 is 0 Å². The summed E-state index contributed by atoms with van der Waals surface area (Å²) in [7, 11) is 1.98. The summed E-state index contributed by atoms with van der Waals surface area (Å²) in [4.78, 5) is 14.8. The van der Waals surface area contributed by atoms with Gasteiger partial charge in [-0.1, -0.05) is 17.7 Å². The van der Waals surface area contributed by atoms with Crippen molar-refractivity contribution in [1.82, 2.24) is 10.2 Å². The number of aryl methyl sites for hydroxylation is 3. The highest BCUT2D eigenvalue weighted by Crippen LogP contribution is 2.22. The van der Waals surface area contributed by atoms with E-state index in [1.54, 1.807) is 0 Å². The zero-order valence-electron chi connectivity index (χ0n) is 13.1. The van der Waals surface area contributed by atoms with Crippen molar-refractivity contribution in [3.05, 3.63) is 34.4 Å². The summed E-state index contributed by atoms with van der Waals surface area (Å²) in [6.07, 6.45) is 2.33. The first kappa shape index (κ1) is 15.0. The molecule has 1 unspecified atom stereocenters. The van der Waals surface area contributed by atoms with Gasteiger partial charge in [-0.2, -0.15) is 0 Å². The Labute approximate surface area is 122 Å². The summed E-state index contributed by atoms with van der Waals surface area (Å²) < 4.78 is 0. The van der Waals surface area contributed by atoms with Gasteiger partial charge >= 0.3 is 0 Å². The molecule has 3 heteroatoms. The molecule has 1 aromatic carbocycles. The van der Waals surface area contributed by atoms with Crippen LogP contribution in [0.2, 0.25) is 0 Å². The van der Waals surface area contributed by atoms with Crippen LogP contribution in [0.1, 0.15) is 39.9 Å². The molecule has 1 saturated heterocycles. The molecule has 1 aromatic rings. The Balaban J connectivity index is 2.19. The van der Waals surface area contributed by atoms with Gasteiger partial charge in [-0.15, -0.1) is 0 Å². The molecule has 1 N–H and O–H groups in total. The predicted octanol–water partition coefficient (Wildman–Crippen LogP) is 2.68. The molecule has 3 nitrogen and oxygen atoms in total. The van der Waals surface area contributed by atoms with E-state index in [2.05, 4.69) is 24.4 Å². The standard InChI is InChI=1S/C17H26N2O/c1-12-8-13(2)16(14(3)9-12)17(20)19-7-5-6-15(11-19)10-18-4/h8-9,15,18H,5-7,10-11H2,1-4H3. The van der Waals surface area contributed by atoms with Gasteiger partial charge in [-0.05, 0) is 64.3 Å². The lowest BCUT2D eigenvalue weighted by molar-refractivity contribution is 0.0673. The lowest BCUT2D eigenvalue weighted by Crippen LogP contribution is -2.42. The lowest BCUT2D eigenvalue weighted by Gasteiger charge is -2.33. The van der Waals surface area contributed by atoms with Gasteiger partial charge in [0.15, 0.2) is 0 Å². The van der Waals surface area contributed by atoms with Crippen LogP contribution in [0.4, 0.5) is 0 Å². The lowest BCUT2D eigenvalue weighted by atomic mass is 9.94. The summed E-state index contributed by atoms with van der Waals surface area (Å²) >= 11 is 0. The first-order valence-electron chi connectivity index (χ1n) is 7.54. The molecule has 2 rings (SSSR count). The largest absolute Gasteiger partial charge is 0.338 e. The van der Waals surface area contributed by atoms with E-state index in [1.165, 1.54) is 12.0 Å². The molecular weight excluding hydrogens is 248 g/mol. The molecule has 1 heterocycles. The summed E-state index contributed by atoms with van der Waals surface area (Å²) in [6, 6.07) is 4.21. The van der Waals surface area contributed by atoms with Crippen molar-refractivity contribution in [1.29, 1.82) is 0 Å². The number of rotatable bonds is 3. The monoisotopic (exact) mass is 274 g/mol. The van der Waals surface area contributed by atoms with Gasteiger partial charge in [0.1, 0.15) is 0 Å². The number of hydrogen-bond acceptors (Lipinski definition) is 2. The molecule has 1 fully saturated rings. The Morgan fingerprint density at radius 2 is 1.95 bits per heavy atom. The quantitative estimate of drug-likeness (QED) is 0.919. The van der Waals surface area contributed by atoms with Crippen LogP contribution in [0, 0.1) is 26.7 Å². The molecule has 0 saturated carbocycles. The van der Waals surface area contributed by atoms with Crippen molar-refractivity contribution in [2.75, 3.05) is 26.7 Å². The Morgan fingerprint density at radius 3 is 2.55 bits per heavy atom. The summed E-state index contributed by atoms with van der Waals surface area (Å²) in [5.74, 6) is 0.796. The van der Waals surface area contributed by atoms with Crippen LogP contribution in [0.3, 0.4) is 0 Å². The van der Waals surface area contributed by atoms with Crippen LogP contribution in [-0.4, -0.2) is 37.5 Å². The zero-order chi connectivity index (χ0) is 14.7. The molecule has 1 atom stereocenters. The van der Waals surface area contributed by atoms with Crippen molar-refractivity contribution in [3.63, 3.8) is 0 Å². The van der Waals surface area contributed by atoms with Crippen LogP contribution in [0.5, 0.6) is 0 Å². The van der Waals surface area contributed by atoms with Crippen LogP contribution in [-0.2, 0) is 0 Å². The van der Waals surface area contributed by atoms with Crippen LogP contribution in [0.25, 0.3) is 0 Å². The fraction of sp³-hybridized carbons (Fsp3) is 0.588. The van der Waals surface area contributed by atoms with Gasteiger partial charge < -0.3 is 10.2 Å². The third kappa shape index (κ3) is 3.21. The molecule has 110 valence electrons. The molecule has 1 aliphatic rings. The topological polar surface area (TPSA) is 32.3 Å². The maximum Gasteiger partial charge on any atom is 0.254 e. The van der Waals surface area contributed by atoms with E-state index in [0.717, 1.165) is 42.7 Å². The minimum atomic E-state index is 0.209. The fourth-order valence-corrected chi connectivity index (χ4v) is 3.38. The SMILES string of the molecule is CNCC1CCCN(C(=O)c2c(C)cc(C)cc2C)C1. The van der Waals surface area contributed by atoms with E-state index in [0.29, 0.717) is 5.92 Å². The third-order valence-corrected chi connectivity index (χ3v) is 4.19. The van der Waals surface area contributed by atoms with Gasteiger partial charge in [0.25, 0.3) is 5.91 Å². The van der Waals surface area contributed by atoms with Gasteiger partial charge in [-0.25, -0.2) is 0 Å². The second kappa shape index (κ2) is 6.40. The fourth-order valence-electron chi connectivity index (χ4n) is 3.38. The van der Waals surface area contributed by atoms with E-state index in [-0.39, 0.29) is 5.91 Å². The van der Waals surface area contributed by atoms with E-state index in [1.807, 2.05) is 25.8 Å². The molecule has 1 amide bonds. The maximum atomic E-state index is 12.8. The number of benzene rings is 1. The number of likely N-dealkylation sites (tertiary alicyclic amines) is 1. The molecule has 0 bridgehead atoms. The molecule has 1 aliphatic heterocycles. The predicted molar refractivity (Wildman–Crippen MR) is 83.2 cm³/mol. The maximum absolute atomic E-state index is 12.8. The van der Waals surface area contributed by atoms with Gasteiger partial charge in [-0.3, -0.25) is 4.79 Å². The highest BCUT2D eigenvalue weighted by Gasteiger charge is 2.25. The number of piperidine rings is 1. The zero-order valence-corrected chi connectivity index (χ0v) is 13.1. The van der Waals surface area contributed by atoms with Crippen molar-refractivity contribution in [2.45, 2.75) is 33.6 Å². The average molecular weight is 274 g/mol. The van der Waals surface area contributed by atoms with E-state index >= 15 is 0 Å². The van der Waals surface area contributed by atoms with Crippen molar-refractivity contribution in [2.24, 2.45) is 5.92 Å². The highest BCUT2D eigenvalue weighted by atomic mass is 16.2. The summed E-state index contributed by atoms with van der Waals surface area (Å²) in [6.45, 7) is 8.94. The number of carbonyl (C=O) groups is 1. The second-order valence-corrected chi connectivity index (χ2v) is 6.09. The summed E-state index contributed by atoms with van der Waals surface area (Å²) in [5, 5.41) is 3.23. The first-order valence-corrected chi connectivity index (χ1v) is 7.54. The van der Waals surface area contributed by atoms with Crippen LogP contribution < -0.4 is 5.32 Å². The van der Waals surface area contributed by atoms with Crippen molar-refractivity contribution >= 4 is 5.91 Å². The number of amides is 1. The highest BCUT2D eigenvalue weighted by molar-refractivity contribution is 5.97. The van der Waals surface area contributed by atoms with E-state index in [4.69, 9.17) is 0 Å². The minimum absolute atomic E-state index is 0.209. The number of nitrogens with zero attached hydrogens (tertiary/aromatic N) is 1. The van der Waals surface area contributed by atoms with E-state index in [9.17, 15) is 4.79 Å². The molecule has 0 radical (unpaired) electrons. The Bertz CT molecular complexity index is 471. The number of nitrogens with one attached hydrogen (secondary N) is 1. The van der Waals surface area contributed by atoms with Gasteiger partial charge in [0.05, 0.1) is 0 Å². The Kier molecular flexibility index (Phi) is 4.81. The van der Waals surface area contributed by atoms with Gasteiger partial charge in [0, 0.05) is 18.7 Å². The summed E-state index contributed by atoms with van der Waals surface area (Å²) in [5.41, 5.74) is 4.33. The smallest absolute Gasteiger partial charge is 0.254 e. The number of hydrogen-bond donors (Lipinski definition) is 1. The molecule has 0 aromatic heterocycles. The van der Waals surface area contributed by atoms with Crippen LogP contribution in [0.15, 0.2) is 12.1 Å². The minimum Gasteiger partial charge on any atom is -0.338 e. The normalized spacial score (nSPS) is 19.2. The molecule has 0 spiro atoms. The Morgan fingerprint density at radius 1 is 1.30 bits per heavy atom. The van der Waals surface area contributed by atoms with Crippen molar-refractivity contribution < 1.29 is 4.79 Å². The van der Waals surface area contributed by atoms with Crippen LogP contribution >= 0.6 is 0 Å². The molecule has 20 heavy (non-hydrogen) atoms.